The summed E-state index contributed by atoms with van der Waals surface area (Å²) in [5.41, 5.74) is 2.10. The predicted octanol–water partition coefficient (Wildman–Crippen LogP) is 2.03. The SMILES string of the molecule is CCNC(=NCc1nc(C)c(C)s1)N1CCN(Cc2ccon2)CC1. The van der Waals surface area contributed by atoms with E-state index < -0.39 is 0 Å². The molecule has 0 aliphatic carbocycles. The highest BCUT2D eigenvalue weighted by atomic mass is 32.1. The summed E-state index contributed by atoms with van der Waals surface area (Å²) in [4.78, 5) is 15.4. The monoisotopic (exact) mass is 362 g/mol. The highest BCUT2D eigenvalue weighted by Gasteiger charge is 2.20. The van der Waals surface area contributed by atoms with Gasteiger partial charge in [-0.2, -0.15) is 0 Å². The minimum atomic E-state index is 0.640. The molecular formula is C17H26N6OS. The molecule has 2 aromatic heterocycles. The summed E-state index contributed by atoms with van der Waals surface area (Å²) in [5, 5.41) is 8.48. The van der Waals surface area contributed by atoms with Crippen LogP contribution in [0.15, 0.2) is 21.8 Å². The summed E-state index contributed by atoms with van der Waals surface area (Å²) in [7, 11) is 0. The molecule has 1 aliphatic rings. The van der Waals surface area contributed by atoms with Crippen LogP contribution in [0.3, 0.4) is 0 Å². The average molecular weight is 363 g/mol. The standard InChI is InChI=1S/C17H26N6OS/c1-4-18-17(19-11-16-20-13(2)14(3)25-16)23-8-6-22(7-9-23)12-15-5-10-24-21-15/h5,10H,4,6-9,11-12H2,1-3H3,(H,18,19). The molecule has 1 aliphatic heterocycles. The molecule has 25 heavy (non-hydrogen) atoms. The Hall–Kier alpha value is -1.93. The first-order valence-electron chi connectivity index (χ1n) is 8.73. The maximum absolute atomic E-state index is 4.91. The summed E-state index contributed by atoms with van der Waals surface area (Å²) >= 11 is 1.74. The lowest BCUT2D eigenvalue weighted by Gasteiger charge is -2.36. The summed E-state index contributed by atoms with van der Waals surface area (Å²) < 4.78 is 4.91. The molecule has 7 nitrogen and oxygen atoms in total. The number of guanidine groups is 1. The third-order valence-electron chi connectivity index (χ3n) is 4.32. The Morgan fingerprint density at radius 1 is 1.32 bits per heavy atom. The van der Waals surface area contributed by atoms with Gasteiger partial charge in [0, 0.05) is 50.2 Å². The maximum Gasteiger partial charge on any atom is 0.194 e. The van der Waals surface area contributed by atoms with Gasteiger partial charge in [-0.3, -0.25) is 4.90 Å². The van der Waals surface area contributed by atoms with Crippen molar-refractivity contribution in [1.82, 2.24) is 25.3 Å². The van der Waals surface area contributed by atoms with Crippen molar-refractivity contribution in [3.05, 3.63) is 33.6 Å². The molecule has 0 radical (unpaired) electrons. The Bertz CT molecular complexity index is 669. The molecule has 1 fully saturated rings. The molecule has 8 heteroatoms. The van der Waals surface area contributed by atoms with Crippen LogP contribution in [-0.2, 0) is 13.1 Å². The molecular weight excluding hydrogens is 336 g/mol. The Labute approximate surface area is 152 Å². The van der Waals surface area contributed by atoms with Crippen molar-refractivity contribution in [2.75, 3.05) is 32.7 Å². The van der Waals surface area contributed by atoms with Crippen LogP contribution in [-0.4, -0.2) is 58.6 Å². The van der Waals surface area contributed by atoms with E-state index in [9.17, 15) is 0 Å². The van der Waals surface area contributed by atoms with Crippen molar-refractivity contribution in [3.63, 3.8) is 0 Å². The highest BCUT2D eigenvalue weighted by Crippen LogP contribution is 2.17. The van der Waals surface area contributed by atoms with Crippen molar-refractivity contribution in [3.8, 4) is 0 Å². The van der Waals surface area contributed by atoms with Crippen molar-refractivity contribution in [2.45, 2.75) is 33.9 Å². The van der Waals surface area contributed by atoms with Crippen LogP contribution in [0, 0.1) is 13.8 Å². The zero-order chi connectivity index (χ0) is 17.6. The molecule has 0 atom stereocenters. The number of nitrogens with one attached hydrogen (secondary N) is 1. The molecule has 0 aromatic carbocycles. The molecule has 2 aromatic rings. The molecule has 1 N–H and O–H groups in total. The molecule has 1 saturated heterocycles. The lowest BCUT2D eigenvalue weighted by molar-refractivity contribution is 0.169. The van der Waals surface area contributed by atoms with Gasteiger partial charge in [0.15, 0.2) is 5.96 Å². The van der Waals surface area contributed by atoms with Crippen LogP contribution in [0.2, 0.25) is 0 Å². The van der Waals surface area contributed by atoms with Crippen molar-refractivity contribution >= 4 is 17.3 Å². The molecule has 3 heterocycles. The van der Waals surface area contributed by atoms with Crippen LogP contribution in [0.5, 0.6) is 0 Å². The van der Waals surface area contributed by atoms with E-state index in [1.165, 1.54) is 4.88 Å². The second-order valence-corrected chi connectivity index (χ2v) is 7.46. The van der Waals surface area contributed by atoms with Crippen LogP contribution in [0.4, 0.5) is 0 Å². The minimum Gasteiger partial charge on any atom is -0.364 e. The van der Waals surface area contributed by atoms with E-state index in [0.29, 0.717) is 6.54 Å². The largest absolute Gasteiger partial charge is 0.364 e. The number of piperazine rings is 1. The maximum atomic E-state index is 4.91. The molecule has 136 valence electrons. The van der Waals surface area contributed by atoms with E-state index in [2.05, 4.69) is 46.0 Å². The normalized spacial score (nSPS) is 16.4. The van der Waals surface area contributed by atoms with Crippen LogP contribution >= 0.6 is 11.3 Å². The summed E-state index contributed by atoms with van der Waals surface area (Å²) in [6, 6.07) is 1.93. The summed E-state index contributed by atoms with van der Waals surface area (Å²) in [5.74, 6) is 0.981. The first kappa shape index (κ1) is 17.9. The van der Waals surface area contributed by atoms with Crippen molar-refractivity contribution in [1.29, 1.82) is 0 Å². The molecule has 3 rings (SSSR count). The second-order valence-electron chi connectivity index (χ2n) is 6.17. The fourth-order valence-corrected chi connectivity index (χ4v) is 3.70. The zero-order valence-electron chi connectivity index (χ0n) is 15.2. The van der Waals surface area contributed by atoms with Gasteiger partial charge in [0.25, 0.3) is 0 Å². The van der Waals surface area contributed by atoms with Gasteiger partial charge in [0.05, 0.1) is 17.9 Å². The van der Waals surface area contributed by atoms with Gasteiger partial charge in [-0.1, -0.05) is 5.16 Å². The minimum absolute atomic E-state index is 0.640. The van der Waals surface area contributed by atoms with E-state index >= 15 is 0 Å². The van der Waals surface area contributed by atoms with E-state index in [-0.39, 0.29) is 0 Å². The fourth-order valence-electron chi connectivity index (χ4n) is 2.84. The topological polar surface area (TPSA) is 69.8 Å². The van der Waals surface area contributed by atoms with Crippen molar-refractivity contribution < 1.29 is 4.52 Å². The number of hydrogen-bond donors (Lipinski definition) is 1. The van der Waals surface area contributed by atoms with Crippen molar-refractivity contribution in [2.24, 2.45) is 4.99 Å². The Morgan fingerprint density at radius 2 is 2.12 bits per heavy atom. The van der Waals surface area contributed by atoms with Gasteiger partial charge < -0.3 is 14.7 Å². The first-order valence-corrected chi connectivity index (χ1v) is 9.55. The van der Waals surface area contributed by atoms with Gasteiger partial charge in [-0.15, -0.1) is 11.3 Å². The summed E-state index contributed by atoms with van der Waals surface area (Å²) in [6.45, 7) is 12.5. The van der Waals surface area contributed by atoms with E-state index in [4.69, 9.17) is 9.52 Å². The third-order valence-corrected chi connectivity index (χ3v) is 5.38. The number of aliphatic imine (C=N–C) groups is 1. The number of nitrogens with zero attached hydrogens (tertiary/aromatic N) is 5. The van der Waals surface area contributed by atoms with Gasteiger partial charge >= 0.3 is 0 Å². The highest BCUT2D eigenvalue weighted by molar-refractivity contribution is 7.11. The van der Waals surface area contributed by atoms with Gasteiger partial charge in [0.1, 0.15) is 11.3 Å². The predicted molar refractivity (Wildman–Crippen MR) is 99.8 cm³/mol. The van der Waals surface area contributed by atoms with Crippen LogP contribution in [0.25, 0.3) is 0 Å². The lowest BCUT2D eigenvalue weighted by atomic mass is 10.3. The van der Waals surface area contributed by atoms with Gasteiger partial charge in [-0.25, -0.2) is 9.98 Å². The molecule has 0 bridgehead atoms. The number of aromatic nitrogens is 2. The number of rotatable bonds is 5. The third kappa shape index (κ3) is 4.79. The first-order chi connectivity index (χ1) is 12.2. The summed E-state index contributed by atoms with van der Waals surface area (Å²) in [6.07, 6.45) is 1.63. The Morgan fingerprint density at radius 3 is 2.72 bits per heavy atom. The fraction of sp³-hybridized carbons (Fsp3) is 0.588. The number of hydrogen-bond acceptors (Lipinski definition) is 6. The average Bonchev–Trinajstić information content (AvgIpc) is 3.22. The zero-order valence-corrected chi connectivity index (χ0v) is 16.0. The van der Waals surface area contributed by atoms with Gasteiger partial charge in [-0.05, 0) is 20.8 Å². The molecule has 0 spiro atoms. The number of thiazole rings is 1. The van der Waals surface area contributed by atoms with E-state index in [0.717, 1.165) is 61.6 Å². The Kier molecular flexibility index (Phi) is 6.04. The number of aryl methyl sites for hydroxylation is 2. The smallest absolute Gasteiger partial charge is 0.194 e. The molecule has 0 saturated carbocycles. The Balaban J connectivity index is 1.56. The molecule has 0 amide bonds. The van der Waals surface area contributed by atoms with E-state index in [1.807, 2.05) is 6.07 Å². The van der Waals surface area contributed by atoms with Gasteiger partial charge in [0.2, 0.25) is 0 Å². The van der Waals surface area contributed by atoms with E-state index in [1.54, 1.807) is 17.6 Å². The molecule has 0 unspecified atom stereocenters. The van der Waals surface area contributed by atoms with Crippen LogP contribution in [0.1, 0.15) is 28.2 Å². The lowest BCUT2D eigenvalue weighted by Crippen LogP contribution is -2.52. The quantitative estimate of drug-likeness (QED) is 0.648. The van der Waals surface area contributed by atoms with Crippen LogP contribution < -0.4 is 5.32 Å². The second kappa shape index (κ2) is 8.44.